The summed E-state index contributed by atoms with van der Waals surface area (Å²) < 4.78 is 0. The summed E-state index contributed by atoms with van der Waals surface area (Å²) in [7, 11) is 0. The number of halogens is 8. The fraction of sp³-hybridized carbons (Fsp3) is 0. The Morgan fingerprint density at radius 2 is 0.0952 bits per heavy atom. The topological polar surface area (TPSA) is 0 Å². The average molecular weight is 1670 g/mol. The molecule has 0 atom stereocenters. The molecule has 21 heteroatoms. The molecule has 21 heavy (non-hydrogen) atoms. The van der Waals surface area contributed by atoms with Gasteiger partial charge in [-0.15, -0.1) is 0 Å². The summed E-state index contributed by atoms with van der Waals surface area (Å²) in [6, 6.07) is 0. The van der Waals surface area contributed by atoms with Crippen LogP contribution in [-0.4, -0.2) is 0 Å². The Kier molecular flexibility index (Phi) is 2820. The van der Waals surface area contributed by atoms with Gasteiger partial charge in [-0.1, -0.05) is 0 Å². The SMILES string of the molecule is [Cl-].[Cl-].[Cl-].[Cl-].[Cl-].[Cl-].[Cl-].[Cl-].[Pd+2].[Pd+2].[Pd+2].[Pd+2].[Pd+2].[Pd+2].[Pd+2].[Pd+2].[Pd+2].[Pd+2].[Pd+2].[Pd+2].[Pd+2]. The van der Waals surface area contributed by atoms with E-state index in [0.29, 0.717) is 0 Å². The summed E-state index contributed by atoms with van der Waals surface area (Å²) in [5.41, 5.74) is 0. The van der Waals surface area contributed by atoms with Gasteiger partial charge in [0.1, 0.15) is 0 Å². The molecule has 0 saturated heterocycles. The third-order valence-corrected chi connectivity index (χ3v) is 0. The molecule has 0 aliphatic heterocycles. The van der Waals surface area contributed by atoms with Gasteiger partial charge >= 0.3 is 265 Å². The van der Waals surface area contributed by atoms with E-state index in [1.807, 2.05) is 0 Å². The van der Waals surface area contributed by atoms with Crippen LogP contribution in [0.15, 0.2) is 0 Å². The van der Waals surface area contributed by atoms with E-state index in [4.69, 9.17) is 0 Å². The third-order valence-electron chi connectivity index (χ3n) is 0. The molecule has 0 heterocycles. The standard InChI is InChI=1S/8ClH.13Pd/h8*1H;;;;;;;;;;;;;/q;;;;;;;;13*+2/p-8. The molecule has 0 nitrogen and oxygen atoms in total. The van der Waals surface area contributed by atoms with Gasteiger partial charge in [-0.25, -0.2) is 0 Å². The van der Waals surface area contributed by atoms with Crippen molar-refractivity contribution in [2.75, 3.05) is 0 Å². The molecule has 0 aromatic carbocycles. The zero-order valence-electron chi connectivity index (χ0n) is 7.13. The average Bonchev–Trinajstić information content (AvgIpc) is 0. The van der Waals surface area contributed by atoms with Crippen LogP contribution in [0.4, 0.5) is 0 Å². The number of hydrogen-bond acceptors (Lipinski definition) is 0. The van der Waals surface area contributed by atoms with Gasteiger partial charge in [0.25, 0.3) is 0 Å². The molecule has 0 aromatic rings. The minimum atomic E-state index is 0. The van der Waals surface area contributed by atoms with Crippen molar-refractivity contribution in [1.82, 2.24) is 0 Å². The van der Waals surface area contributed by atoms with Gasteiger partial charge < -0.3 is 99.3 Å². The first-order valence-corrected chi connectivity index (χ1v) is 0. The van der Waals surface area contributed by atoms with E-state index in [9.17, 15) is 0 Å². The van der Waals surface area contributed by atoms with Crippen molar-refractivity contribution < 1.29 is 365 Å². The van der Waals surface area contributed by atoms with Gasteiger partial charge in [-0.05, 0) is 0 Å². The summed E-state index contributed by atoms with van der Waals surface area (Å²) >= 11 is 0. The summed E-state index contributed by atoms with van der Waals surface area (Å²) in [6.45, 7) is 0. The maximum atomic E-state index is 0. The van der Waals surface area contributed by atoms with E-state index >= 15 is 0 Å². The Morgan fingerprint density at radius 1 is 0.0952 bits per heavy atom. The van der Waals surface area contributed by atoms with Gasteiger partial charge in [-0.2, -0.15) is 0 Å². The van der Waals surface area contributed by atoms with Gasteiger partial charge in [0, 0.05) is 0 Å². The Morgan fingerprint density at radius 3 is 0.0952 bits per heavy atom. The maximum absolute atomic E-state index is 0. The second-order valence-electron chi connectivity index (χ2n) is 0. The van der Waals surface area contributed by atoms with E-state index in [0.717, 1.165) is 0 Å². The van der Waals surface area contributed by atoms with Crippen LogP contribution in [0.25, 0.3) is 0 Å². The fourth-order valence-electron chi connectivity index (χ4n) is 0. The summed E-state index contributed by atoms with van der Waals surface area (Å²) in [6.07, 6.45) is 0. The molecule has 0 amide bonds. The normalized spacial score (nSPS) is 0. The van der Waals surface area contributed by atoms with Crippen molar-refractivity contribution in [3.8, 4) is 0 Å². The molecular formula is Cl8Pd13+18. The number of rotatable bonds is 0. The van der Waals surface area contributed by atoms with Crippen molar-refractivity contribution in [1.29, 1.82) is 0 Å². The monoisotopic (exact) mass is 1660 g/mol. The molecule has 0 radical (unpaired) electrons. The predicted molar refractivity (Wildman–Crippen MR) is 0 cm³/mol. The van der Waals surface area contributed by atoms with E-state index in [1.165, 1.54) is 0 Å². The van der Waals surface area contributed by atoms with Crippen molar-refractivity contribution in [2.45, 2.75) is 0 Å². The van der Waals surface area contributed by atoms with Crippen LogP contribution in [0.5, 0.6) is 0 Å². The predicted octanol–water partition coefficient (Wildman–Crippen LogP) is -24.0. The molecule has 0 spiro atoms. The van der Waals surface area contributed by atoms with E-state index in [2.05, 4.69) is 0 Å². The second kappa shape index (κ2) is 232. The van der Waals surface area contributed by atoms with Crippen LogP contribution < -0.4 is 99.3 Å². The summed E-state index contributed by atoms with van der Waals surface area (Å²) in [5.74, 6) is 0. The molecular weight excluding hydrogens is 1670 g/mol. The van der Waals surface area contributed by atoms with Crippen molar-refractivity contribution in [3.05, 3.63) is 0 Å². The Bertz CT molecular complexity index is 20.1. The van der Waals surface area contributed by atoms with E-state index in [1.54, 1.807) is 0 Å². The molecule has 0 bridgehead atoms. The van der Waals surface area contributed by atoms with Crippen LogP contribution >= 0.6 is 0 Å². The Hall–Kier alpha value is 10.9. The van der Waals surface area contributed by atoms with Crippen molar-refractivity contribution in [3.63, 3.8) is 0 Å². The molecule has 0 aromatic heterocycles. The largest absolute Gasteiger partial charge is 2.00 e. The molecule has 0 fully saturated rings. The van der Waals surface area contributed by atoms with Crippen LogP contribution in [-0.2, 0) is 265 Å². The molecule has 0 N–H and O–H groups in total. The third kappa shape index (κ3) is 217. The number of hydrogen-bond donors (Lipinski definition) is 0. The van der Waals surface area contributed by atoms with Crippen LogP contribution in [0.3, 0.4) is 0 Å². The van der Waals surface area contributed by atoms with Crippen LogP contribution in [0.2, 0.25) is 0 Å². The summed E-state index contributed by atoms with van der Waals surface area (Å²) in [5, 5.41) is 0. The molecule has 0 aliphatic carbocycles. The van der Waals surface area contributed by atoms with Crippen molar-refractivity contribution >= 4 is 0 Å². The van der Waals surface area contributed by atoms with Gasteiger partial charge in [0.15, 0.2) is 0 Å². The molecule has 0 aliphatic rings. The minimum absolute atomic E-state index is 0. The van der Waals surface area contributed by atoms with Crippen molar-refractivity contribution in [2.24, 2.45) is 0 Å². The molecule has 168 valence electrons. The fourth-order valence-corrected chi connectivity index (χ4v) is 0. The van der Waals surface area contributed by atoms with E-state index in [-0.39, 0.29) is 365 Å². The zero-order valence-corrected chi connectivity index (χ0v) is 33.4. The molecule has 0 saturated carbocycles. The van der Waals surface area contributed by atoms with Gasteiger partial charge in [0.05, 0.1) is 0 Å². The first-order valence-electron chi connectivity index (χ1n) is 0. The maximum Gasteiger partial charge on any atom is 2.00 e. The van der Waals surface area contributed by atoms with Crippen LogP contribution in [0.1, 0.15) is 0 Å². The second-order valence-corrected chi connectivity index (χ2v) is 0. The summed E-state index contributed by atoms with van der Waals surface area (Å²) in [4.78, 5) is 0. The Balaban J connectivity index is 0. The first-order chi connectivity index (χ1) is 0. The van der Waals surface area contributed by atoms with E-state index < -0.39 is 0 Å². The minimum Gasteiger partial charge on any atom is -1.00 e. The quantitative estimate of drug-likeness (QED) is 0.212. The van der Waals surface area contributed by atoms with Gasteiger partial charge in [0.2, 0.25) is 0 Å². The Labute approximate surface area is 356 Å². The zero-order chi connectivity index (χ0) is 0. The molecule has 0 unspecified atom stereocenters. The first kappa shape index (κ1) is 256. The van der Waals surface area contributed by atoms with Crippen LogP contribution in [0, 0.1) is 0 Å². The van der Waals surface area contributed by atoms with Gasteiger partial charge in [-0.3, -0.25) is 0 Å². The smallest absolute Gasteiger partial charge is 1.00 e. The molecule has 0 rings (SSSR count).